The molecular formula is C27H32O6. The van der Waals surface area contributed by atoms with Crippen LogP contribution in [-0.2, 0) is 11.2 Å². The topological polar surface area (TPSA) is 86.0 Å². The van der Waals surface area contributed by atoms with Crippen molar-refractivity contribution in [3.05, 3.63) is 46.3 Å². The van der Waals surface area contributed by atoms with Crippen molar-refractivity contribution in [2.45, 2.75) is 71.0 Å². The number of rotatable bonds is 2. The van der Waals surface area contributed by atoms with E-state index in [4.69, 9.17) is 13.9 Å². The van der Waals surface area contributed by atoms with Gasteiger partial charge in [-0.25, -0.2) is 4.79 Å². The van der Waals surface area contributed by atoms with Crippen molar-refractivity contribution in [1.82, 2.24) is 0 Å². The fourth-order valence-corrected chi connectivity index (χ4v) is 6.86. The van der Waals surface area contributed by atoms with Gasteiger partial charge in [-0.3, -0.25) is 4.79 Å². The Morgan fingerprint density at radius 2 is 1.73 bits per heavy atom. The van der Waals surface area contributed by atoms with Gasteiger partial charge in [-0.2, -0.15) is 0 Å². The number of fused-ring (bicyclic) bond motifs is 4. The van der Waals surface area contributed by atoms with Crippen LogP contribution in [0.25, 0.3) is 11.3 Å². The van der Waals surface area contributed by atoms with E-state index in [1.807, 2.05) is 38.1 Å². The highest BCUT2D eigenvalue weighted by Gasteiger charge is 2.70. The third-order valence-corrected chi connectivity index (χ3v) is 9.17. The summed E-state index contributed by atoms with van der Waals surface area (Å²) in [6.07, 6.45) is 2.56. The van der Waals surface area contributed by atoms with Crippen LogP contribution in [0.15, 0.2) is 39.5 Å². The molecule has 4 atom stereocenters. The molecule has 176 valence electrons. The average Bonchev–Trinajstić information content (AvgIpc) is 2.78. The Morgan fingerprint density at radius 1 is 1.03 bits per heavy atom. The molecule has 2 aromatic rings. The highest BCUT2D eigenvalue weighted by Crippen LogP contribution is 2.65. The molecule has 2 fully saturated rings. The summed E-state index contributed by atoms with van der Waals surface area (Å²) in [5.41, 5.74) is -2.23. The molecule has 3 aliphatic rings. The summed E-state index contributed by atoms with van der Waals surface area (Å²) in [4.78, 5) is 25.9. The van der Waals surface area contributed by atoms with Crippen molar-refractivity contribution >= 4 is 5.78 Å². The Kier molecular flexibility index (Phi) is 4.68. The molecule has 2 aliphatic carbocycles. The van der Waals surface area contributed by atoms with Crippen LogP contribution in [0.4, 0.5) is 0 Å². The van der Waals surface area contributed by atoms with Crippen molar-refractivity contribution in [2.24, 2.45) is 16.7 Å². The molecule has 0 radical (unpaired) electrons. The summed E-state index contributed by atoms with van der Waals surface area (Å²) in [6, 6.07) is 9.14. The summed E-state index contributed by atoms with van der Waals surface area (Å²) >= 11 is 0. The summed E-state index contributed by atoms with van der Waals surface area (Å²) in [6.45, 7) is 7.88. The molecule has 0 amide bonds. The second kappa shape index (κ2) is 6.95. The van der Waals surface area contributed by atoms with Gasteiger partial charge in [0.1, 0.15) is 28.6 Å². The van der Waals surface area contributed by atoms with E-state index >= 15 is 0 Å². The van der Waals surface area contributed by atoms with Crippen LogP contribution in [0, 0.1) is 16.7 Å². The van der Waals surface area contributed by atoms with E-state index in [0.717, 1.165) is 11.3 Å². The Balaban J connectivity index is 1.57. The van der Waals surface area contributed by atoms with Gasteiger partial charge in [-0.05, 0) is 56.9 Å². The fraction of sp³-hybridized carbons (Fsp3) is 0.556. The number of carbonyl (C=O) groups excluding carboxylic acids is 1. The van der Waals surface area contributed by atoms with Gasteiger partial charge in [0.05, 0.1) is 23.7 Å². The molecule has 5 rings (SSSR count). The first-order valence-corrected chi connectivity index (χ1v) is 11.7. The molecule has 2 heterocycles. The Morgan fingerprint density at radius 3 is 2.39 bits per heavy atom. The SMILES string of the molecule is COc1ccc(-c2cc3c(c(=O)o2)CC2[C@@](C)(CC[C@@]4(O)C(C)(C)C(=O)CC[C@]24C)O3)cc1. The first-order chi connectivity index (χ1) is 15.4. The van der Waals surface area contributed by atoms with Crippen molar-refractivity contribution in [1.29, 1.82) is 0 Å². The molecule has 0 saturated heterocycles. The minimum absolute atomic E-state index is 0.104. The first-order valence-electron chi connectivity index (χ1n) is 11.7. The number of methoxy groups -OCH3 is 1. The number of ether oxygens (including phenoxy) is 2. The standard InChI is InChI=1S/C27H32O6/c1-24(2)22(28)10-11-25(3)21-14-18-20(33-26(21,4)12-13-27(24,25)30)15-19(32-23(18)29)16-6-8-17(31-5)9-7-16/h6-9,15,21,30H,10-14H2,1-5H3/t21?,25-,26-,27-/m1/s1. The van der Waals surface area contributed by atoms with Crippen molar-refractivity contribution in [3.63, 3.8) is 0 Å². The van der Waals surface area contributed by atoms with E-state index in [2.05, 4.69) is 13.8 Å². The Bertz CT molecular complexity index is 1180. The van der Waals surface area contributed by atoms with Gasteiger partial charge < -0.3 is 19.0 Å². The van der Waals surface area contributed by atoms with Crippen LogP contribution >= 0.6 is 0 Å². The predicted octanol–water partition coefficient (Wildman–Crippen LogP) is 4.55. The molecular weight excluding hydrogens is 420 g/mol. The Labute approximate surface area is 193 Å². The highest BCUT2D eigenvalue weighted by molar-refractivity contribution is 5.87. The van der Waals surface area contributed by atoms with Gasteiger partial charge in [0.25, 0.3) is 0 Å². The van der Waals surface area contributed by atoms with Gasteiger partial charge in [-0.15, -0.1) is 0 Å². The molecule has 1 aromatic carbocycles. The highest BCUT2D eigenvalue weighted by atomic mass is 16.5. The number of carbonyl (C=O) groups is 1. The molecule has 33 heavy (non-hydrogen) atoms. The number of Topliss-reactive ketones (excluding diaryl/α,β-unsaturated/α-hetero) is 1. The van der Waals surface area contributed by atoms with E-state index in [9.17, 15) is 14.7 Å². The van der Waals surface area contributed by atoms with Crippen LogP contribution < -0.4 is 15.1 Å². The molecule has 1 N–H and O–H groups in total. The molecule has 1 aromatic heterocycles. The van der Waals surface area contributed by atoms with Crippen LogP contribution in [0.1, 0.15) is 58.9 Å². The number of benzene rings is 1. The molecule has 1 aliphatic heterocycles. The molecule has 6 nitrogen and oxygen atoms in total. The maximum Gasteiger partial charge on any atom is 0.343 e. The second-order valence-electron chi connectivity index (χ2n) is 11.0. The lowest BCUT2D eigenvalue weighted by Gasteiger charge is -2.66. The van der Waals surface area contributed by atoms with Gasteiger partial charge in [0.15, 0.2) is 0 Å². The summed E-state index contributed by atoms with van der Waals surface area (Å²) in [7, 11) is 1.61. The summed E-state index contributed by atoms with van der Waals surface area (Å²) in [5, 5.41) is 12.0. The average molecular weight is 453 g/mol. The van der Waals surface area contributed by atoms with Crippen molar-refractivity contribution in [3.8, 4) is 22.8 Å². The lowest BCUT2D eigenvalue weighted by molar-refractivity contribution is -0.254. The maximum absolute atomic E-state index is 13.1. The van der Waals surface area contributed by atoms with E-state index in [-0.39, 0.29) is 11.7 Å². The number of hydrogen-bond donors (Lipinski definition) is 1. The Hall–Kier alpha value is -2.60. The summed E-state index contributed by atoms with van der Waals surface area (Å²) in [5.74, 6) is 1.72. The second-order valence-corrected chi connectivity index (χ2v) is 11.0. The van der Waals surface area contributed by atoms with E-state index in [0.29, 0.717) is 49.2 Å². The molecule has 0 spiro atoms. The van der Waals surface area contributed by atoms with Crippen LogP contribution in [0.5, 0.6) is 11.5 Å². The van der Waals surface area contributed by atoms with E-state index in [1.165, 1.54) is 0 Å². The maximum atomic E-state index is 13.1. The smallest absolute Gasteiger partial charge is 0.343 e. The number of ketones is 1. The first kappa shape index (κ1) is 22.2. The van der Waals surface area contributed by atoms with Crippen molar-refractivity contribution < 1.29 is 23.8 Å². The zero-order valence-corrected chi connectivity index (χ0v) is 20.0. The van der Waals surface area contributed by atoms with Gasteiger partial charge >= 0.3 is 5.63 Å². The molecule has 2 saturated carbocycles. The lowest BCUT2D eigenvalue weighted by Crippen LogP contribution is -2.72. The predicted molar refractivity (Wildman–Crippen MR) is 124 cm³/mol. The monoisotopic (exact) mass is 452 g/mol. The fourth-order valence-electron chi connectivity index (χ4n) is 6.86. The van der Waals surface area contributed by atoms with Gasteiger partial charge in [0, 0.05) is 29.4 Å². The summed E-state index contributed by atoms with van der Waals surface area (Å²) < 4.78 is 17.5. The van der Waals surface area contributed by atoms with Crippen LogP contribution in [0.3, 0.4) is 0 Å². The molecule has 6 heteroatoms. The third-order valence-electron chi connectivity index (χ3n) is 9.17. The quantitative estimate of drug-likeness (QED) is 0.720. The minimum atomic E-state index is -1.15. The molecule has 1 unspecified atom stereocenters. The van der Waals surface area contributed by atoms with Gasteiger partial charge in [0.2, 0.25) is 0 Å². The lowest BCUT2D eigenvalue weighted by atomic mass is 9.42. The minimum Gasteiger partial charge on any atom is -0.497 e. The van der Waals surface area contributed by atoms with E-state index in [1.54, 1.807) is 13.2 Å². The third kappa shape index (κ3) is 2.89. The number of aliphatic hydroxyl groups is 1. The zero-order valence-electron chi connectivity index (χ0n) is 20.0. The van der Waals surface area contributed by atoms with Crippen LogP contribution in [0.2, 0.25) is 0 Å². The molecule has 0 bridgehead atoms. The zero-order chi connectivity index (χ0) is 23.8. The normalized spacial score (nSPS) is 34.5. The van der Waals surface area contributed by atoms with E-state index < -0.39 is 27.7 Å². The van der Waals surface area contributed by atoms with Gasteiger partial charge in [-0.1, -0.05) is 20.8 Å². The largest absolute Gasteiger partial charge is 0.497 e. The number of hydrogen-bond acceptors (Lipinski definition) is 6. The van der Waals surface area contributed by atoms with Crippen molar-refractivity contribution in [2.75, 3.05) is 7.11 Å². The van der Waals surface area contributed by atoms with Crippen LogP contribution in [-0.4, -0.2) is 29.2 Å².